The van der Waals surface area contributed by atoms with E-state index in [1.165, 1.54) is 23.0 Å². The maximum atomic E-state index is 13.7. The molecule has 0 unspecified atom stereocenters. The first-order chi connectivity index (χ1) is 7.54. The lowest BCUT2D eigenvalue weighted by atomic mass is 10.2. The van der Waals surface area contributed by atoms with Gasteiger partial charge in [-0.15, -0.1) is 0 Å². The van der Waals surface area contributed by atoms with Crippen molar-refractivity contribution in [3.63, 3.8) is 0 Å². The monoisotopic (exact) mass is 337 g/mol. The van der Waals surface area contributed by atoms with Crippen LogP contribution >= 0.6 is 23.0 Å². The van der Waals surface area contributed by atoms with Crippen LogP contribution in [-0.2, 0) is 0 Å². The largest absolute Gasteiger partial charge is 0.450 e. The molecule has 1 heterocycles. The third-order valence-electron chi connectivity index (χ3n) is 2.06. The molecule has 1 aliphatic rings. The molecule has 3 nitrogen and oxygen atoms in total. The number of fused-ring (bicyclic) bond motifs is 1. The van der Waals surface area contributed by atoms with Gasteiger partial charge in [-0.1, -0.05) is 13.2 Å². The molecule has 0 saturated heterocycles. The number of anilines is 1. The molecular weight excluding hydrogens is 331 g/mol. The maximum absolute atomic E-state index is 13.7. The quantitative estimate of drug-likeness (QED) is 0.796. The summed E-state index contributed by atoms with van der Waals surface area (Å²) < 4.78 is 36.7. The summed E-state index contributed by atoms with van der Waals surface area (Å²) in [6, 6.07) is 1.07. The Kier molecular flexibility index (Phi) is 2.75. The van der Waals surface area contributed by atoms with Crippen LogP contribution in [0.25, 0.3) is 0 Å². The van der Waals surface area contributed by atoms with E-state index in [0.717, 1.165) is 6.07 Å². The molecule has 84 valence electrons. The second kappa shape index (κ2) is 3.93. The third-order valence-corrected chi connectivity index (χ3v) is 2.50. The highest BCUT2D eigenvalue weighted by Crippen LogP contribution is 2.41. The van der Waals surface area contributed by atoms with Gasteiger partial charge < -0.3 is 13.1 Å². The summed E-state index contributed by atoms with van der Waals surface area (Å²) in [6.45, 7) is 7.11. The molecule has 1 aromatic rings. The van der Waals surface area contributed by atoms with E-state index in [9.17, 15) is 8.78 Å². The topological polar surface area (TPSA) is 30.5 Å². The smallest absolute Gasteiger partial charge is 0.213 e. The molecule has 0 aromatic heterocycles. The zero-order valence-electron chi connectivity index (χ0n) is 7.94. The Labute approximate surface area is 104 Å². The molecular formula is C10H6F2INO2. The second-order valence-electron chi connectivity index (χ2n) is 3.08. The molecule has 0 atom stereocenters. The molecule has 1 aromatic carbocycles. The van der Waals surface area contributed by atoms with Gasteiger partial charge in [-0.25, -0.2) is 4.39 Å². The van der Waals surface area contributed by atoms with Gasteiger partial charge in [-0.2, -0.15) is 4.39 Å². The Hall–Kier alpha value is -1.31. The summed E-state index contributed by atoms with van der Waals surface area (Å²) in [7, 11) is 0. The first kappa shape index (κ1) is 11.2. The van der Waals surface area contributed by atoms with Crippen LogP contribution in [0.4, 0.5) is 14.5 Å². The molecule has 1 aliphatic heterocycles. The van der Waals surface area contributed by atoms with Gasteiger partial charge >= 0.3 is 0 Å². The Morgan fingerprint density at radius 3 is 2.69 bits per heavy atom. The van der Waals surface area contributed by atoms with Crippen molar-refractivity contribution in [2.75, 3.05) is 5.32 Å². The van der Waals surface area contributed by atoms with E-state index in [0.29, 0.717) is 5.70 Å². The minimum atomic E-state index is -0.912. The summed E-state index contributed by atoms with van der Waals surface area (Å²) in [5, 5.41) is 2.69. The fraction of sp³-hybridized carbons (Fsp3) is 0. The highest BCUT2D eigenvalue weighted by molar-refractivity contribution is 14.1. The van der Waals surface area contributed by atoms with E-state index >= 15 is 0 Å². The zero-order valence-corrected chi connectivity index (χ0v) is 10.1. The van der Waals surface area contributed by atoms with Crippen molar-refractivity contribution in [1.29, 1.82) is 0 Å². The second-order valence-corrected chi connectivity index (χ2v) is 3.52. The average Bonchev–Trinajstić information content (AvgIpc) is 2.22. The van der Waals surface area contributed by atoms with Crippen molar-refractivity contribution in [3.05, 3.63) is 42.3 Å². The Balaban J connectivity index is 2.62. The molecule has 16 heavy (non-hydrogen) atoms. The summed E-state index contributed by atoms with van der Waals surface area (Å²) in [5.74, 6) is -2.20. The van der Waals surface area contributed by atoms with Gasteiger partial charge in [0.1, 0.15) is 5.76 Å². The number of hydrogen-bond acceptors (Lipinski definition) is 3. The number of benzene rings is 1. The minimum Gasteiger partial charge on any atom is -0.450 e. The number of nitrogens with one attached hydrogen (secondary N) is 1. The van der Waals surface area contributed by atoms with Crippen LogP contribution in [0, 0.1) is 11.6 Å². The fourth-order valence-corrected chi connectivity index (χ4v) is 1.67. The summed E-state index contributed by atoms with van der Waals surface area (Å²) in [6.07, 6.45) is 0. The Bertz CT molecular complexity index is 502. The minimum absolute atomic E-state index is 0.148. The number of rotatable bonds is 1. The van der Waals surface area contributed by atoms with Crippen LogP contribution < -0.4 is 13.1 Å². The molecule has 0 bridgehead atoms. The summed E-state index contributed by atoms with van der Waals surface area (Å²) in [4.78, 5) is 0. The van der Waals surface area contributed by atoms with Crippen LogP contribution in [0.2, 0.25) is 0 Å². The normalized spacial score (nSPS) is 13.9. The molecule has 0 saturated carbocycles. The van der Waals surface area contributed by atoms with Gasteiger partial charge in [0.05, 0.1) is 11.4 Å². The first-order valence-corrected chi connectivity index (χ1v) is 5.06. The van der Waals surface area contributed by atoms with E-state index < -0.39 is 17.4 Å². The number of ether oxygens (including phenoxy) is 1. The molecule has 6 heteroatoms. The highest BCUT2D eigenvalue weighted by atomic mass is 127. The molecule has 0 radical (unpaired) electrons. The van der Waals surface area contributed by atoms with Crippen LogP contribution in [-0.4, -0.2) is 0 Å². The van der Waals surface area contributed by atoms with Gasteiger partial charge in [-0.3, -0.25) is 0 Å². The van der Waals surface area contributed by atoms with Crippen molar-refractivity contribution in [1.82, 2.24) is 0 Å². The lowest BCUT2D eigenvalue weighted by Gasteiger charge is -2.23. The van der Waals surface area contributed by atoms with Gasteiger partial charge in [0.15, 0.2) is 34.6 Å². The molecule has 0 aliphatic carbocycles. The van der Waals surface area contributed by atoms with Crippen LogP contribution in [0.5, 0.6) is 11.5 Å². The predicted molar refractivity (Wildman–Crippen MR) is 63.5 cm³/mol. The predicted octanol–water partition coefficient (Wildman–Crippen LogP) is 3.53. The summed E-state index contributed by atoms with van der Waals surface area (Å²) >= 11 is 1.39. The van der Waals surface area contributed by atoms with E-state index in [4.69, 9.17) is 4.74 Å². The third kappa shape index (κ3) is 1.62. The van der Waals surface area contributed by atoms with Crippen molar-refractivity contribution < 1.29 is 16.6 Å². The van der Waals surface area contributed by atoms with Crippen molar-refractivity contribution in [3.8, 4) is 11.5 Å². The lowest BCUT2D eigenvalue weighted by molar-refractivity contribution is 0.390. The van der Waals surface area contributed by atoms with Crippen LogP contribution in [0.15, 0.2) is 30.7 Å². The van der Waals surface area contributed by atoms with Crippen LogP contribution in [0.3, 0.4) is 0 Å². The number of halogens is 3. The molecule has 0 amide bonds. The maximum Gasteiger partial charge on any atom is 0.213 e. The van der Waals surface area contributed by atoms with E-state index in [1.54, 1.807) is 0 Å². The van der Waals surface area contributed by atoms with Crippen molar-refractivity contribution >= 4 is 28.7 Å². The standard InChI is InChI=1S/C10H6F2INO2/c1-4-5(2)15-10-7(14-4)3-6(11)9(16-13)8(10)12/h3,14H,1-2H2. The van der Waals surface area contributed by atoms with E-state index in [-0.39, 0.29) is 17.2 Å². The highest BCUT2D eigenvalue weighted by Gasteiger charge is 2.26. The Morgan fingerprint density at radius 1 is 1.38 bits per heavy atom. The average molecular weight is 337 g/mol. The van der Waals surface area contributed by atoms with Gasteiger partial charge in [0.25, 0.3) is 0 Å². The van der Waals surface area contributed by atoms with Crippen molar-refractivity contribution in [2.24, 2.45) is 0 Å². The SMILES string of the molecule is C=C1Nc2cc(F)c(OI)c(F)c2OC1=C. The zero-order chi connectivity index (χ0) is 11.9. The Morgan fingerprint density at radius 2 is 2.06 bits per heavy atom. The lowest BCUT2D eigenvalue weighted by Crippen LogP contribution is -2.14. The number of hydrogen-bond donors (Lipinski definition) is 1. The molecule has 0 fully saturated rings. The van der Waals surface area contributed by atoms with Crippen LogP contribution in [0.1, 0.15) is 0 Å². The molecule has 2 rings (SSSR count). The molecule has 1 N–H and O–H groups in total. The van der Waals surface area contributed by atoms with Gasteiger partial charge in [0, 0.05) is 6.07 Å². The van der Waals surface area contributed by atoms with Crippen molar-refractivity contribution in [2.45, 2.75) is 0 Å². The molecule has 0 spiro atoms. The van der Waals surface area contributed by atoms with Gasteiger partial charge in [0.2, 0.25) is 11.6 Å². The van der Waals surface area contributed by atoms with Gasteiger partial charge in [-0.05, 0) is 0 Å². The van der Waals surface area contributed by atoms with E-state index in [2.05, 4.69) is 21.5 Å². The van der Waals surface area contributed by atoms with E-state index in [1.807, 2.05) is 0 Å². The fourth-order valence-electron chi connectivity index (χ4n) is 1.26. The summed E-state index contributed by atoms with van der Waals surface area (Å²) in [5.41, 5.74) is 0.513. The first-order valence-electron chi connectivity index (χ1n) is 4.18.